The molecular formula is C19H32O2. The van der Waals surface area contributed by atoms with Gasteiger partial charge in [-0.1, -0.05) is 56.2 Å². The highest BCUT2D eigenvalue weighted by Crippen LogP contribution is 2.07. The molecule has 0 atom stereocenters. The first-order valence-corrected chi connectivity index (χ1v) is 8.33. The van der Waals surface area contributed by atoms with Crippen LogP contribution < -0.4 is 0 Å². The molecule has 2 nitrogen and oxygen atoms in total. The van der Waals surface area contributed by atoms with Gasteiger partial charge >= 0.3 is 5.97 Å². The molecule has 0 aromatic rings. The molecule has 0 heterocycles. The van der Waals surface area contributed by atoms with Crippen molar-refractivity contribution in [2.45, 2.75) is 71.1 Å². The number of carbonyl (C=O) groups is 1. The summed E-state index contributed by atoms with van der Waals surface area (Å²) in [5.41, 5.74) is 0. The first kappa shape index (κ1) is 19.7. The fraction of sp³-hybridized carbons (Fsp3) is 0.632. The summed E-state index contributed by atoms with van der Waals surface area (Å²) in [4.78, 5) is 10.9. The number of allylic oxidation sites excluding steroid dienone is 6. The van der Waals surface area contributed by atoms with E-state index in [-0.39, 0.29) is 5.97 Å². The van der Waals surface area contributed by atoms with Crippen LogP contribution in [0.2, 0.25) is 0 Å². The van der Waals surface area contributed by atoms with Gasteiger partial charge < -0.3 is 4.74 Å². The van der Waals surface area contributed by atoms with Crippen molar-refractivity contribution in [2.75, 3.05) is 7.11 Å². The van der Waals surface area contributed by atoms with Crippen LogP contribution in [-0.4, -0.2) is 13.1 Å². The Labute approximate surface area is 131 Å². The number of hydrogen-bond donors (Lipinski definition) is 0. The SMILES string of the molecule is CC/C=C\C/C=C\CC/C=C\CCCCCCC(=O)OC. The Hall–Kier alpha value is -1.31. The molecule has 0 aliphatic heterocycles. The van der Waals surface area contributed by atoms with Crippen molar-refractivity contribution in [1.29, 1.82) is 0 Å². The van der Waals surface area contributed by atoms with Crippen molar-refractivity contribution < 1.29 is 9.53 Å². The van der Waals surface area contributed by atoms with Crippen LogP contribution in [-0.2, 0) is 9.53 Å². The van der Waals surface area contributed by atoms with Gasteiger partial charge in [-0.25, -0.2) is 0 Å². The van der Waals surface area contributed by atoms with Crippen LogP contribution in [0.15, 0.2) is 36.5 Å². The molecule has 0 radical (unpaired) electrons. The van der Waals surface area contributed by atoms with Gasteiger partial charge in [-0.05, 0) is 44.9 Å². The molecule has 0 saturated heterocycles. The van der Waals surface area contributed by atoms with Crippen LogP contribution in [0.1, 0.15) is 71.1 Å². The number of unbranched alkanes of at least 4 members (excludes halogenated alkanes) is 5. The fourth-order valence-corrected chi connectivity index (χ4v) is 1.97. The molecule has 0 aromatic heterocycles. The summed E-state index contributed by atoms with van der Waals surface area (Å²) in [6, 6.07) is 0. The van der Waals surface area contributed by atoms with Gasteiger partial charge in [0.05, 0.1) is 7.11 Å². The van der Waals surface area contributed by atoms with Crippen LogP contribution in [0.3, 0.4) is 0 Å². The molecule has 2 heteroatoms. The molecule has 0 rings (SSSR count). The predicted molar refractivity (Wildman–Crippen MR) is 91.3 cm³/mol. The molecule has 21 heavy (non-hydrogen) atoms. The maximum atomic E-state index is 10.9. The van der Waals surface area contributed by atoms with Gasteiger partial charge in [-0.15, -0.1) is 0 Å². The smallest absolute Gasteiger partial charge is 0.305 e. The Morgan fingerprint density at radius 3 is 2.14 bits per heavy atom. The van der Waals surface area contributed by atoms with E-state index < -0.39 is 0 Å². The van der Waals surface area contributed by atoms with Gasteiger partial charge in [0, 0.05) is 6.42 Å². The van der Waals surface area contributed by atoms with E-state index in [2.05, 4.69) is 48.1 Å². The van der Waals surface area contributed by atoms with Crippen LogP contribution >= 0.6 is 0 Å². The number of ether oxygens (including phenoxy) is 1. The fourth-order valence-electron chi connectivity index (χ4n) is 1.97. The molecule has 0 saturated carbocycles. The van der Waals surface area contributed by atoms with Crippen LogP contribution in [0, 0.1) is 0 Å². The minimum absolute atomic E-state index is 0.0897. The van der Waals surface area contributed by atoms with E-state index in [1.807, 2.05) is 0 Å². The number of methoxy groups -OCH3 is 1. The molecule has 0 amide bonds. The van der Waals surface area contributed by atoms with Gasteiger partial charge in [-0.3, -0.25) is 4.79 Å². The number of esters is 1. The van der Waals surface area contributed by atoms with E-state index in [1.165, 1.54) is 20.0 Å². The molecular weight excluding hydrogens is 260 g/mol. The van der Waals surface area contributed by atoms with Crippen molar-refractivity contribution in [1.82, 2.24) is 0 Å². The van der Waals surface area contributed by atoms with E-state index >= 15 is 0 Å². The van der Waals surface area contributed by atoms with Crippen LogP contribution in [0.4, 0.5) is 0 Å². The standard InChI is InChI=1S/C19H32O2/c1-3-4-5-6-7-8-9-10-11-12-13-14-15-16-17-18-19(20)21-2/h4-5,7-8,11-12H,3,6,9-10,13-18H2,1-2H3/b5-4-,8-7-,12-11-. The molecule has 0 unspecified atom stereocenters. The highest BCUT2D eigenvalue weighted by molar-refractivity contribution is 5.68. The predicted octanol–water partition coefficient (Wildman–Crippen LogP) is 5.75. The minimum Gasteiger partial charge on any atom is -0.469 e. The van der Waals surface area contributed by atoms with Crippen molar-refractivity contribution in [3.63, 3.8) is 0 Å². The number of rotatable bonds is 13. The second-order valence-electron chi connectivity index (χ2n) is 5.16. The first-order valence-electron chi connectivity index (χ1n) is 8.33. The Kier molecular flexibility index (Phi) is 15.7. The van der Waals surface area contributed by atoms with E-state index in [1.54, 1.807) is 0 Å². The summed E-state index contributed by atoms with van der Waals surface area (Å²) in [6.45, 7) is 2.16. The topological polar surface area (TPSA) is 26.3 Å². The van der Waals surface area contributed by atoms with Gasteiger partial charge in [0.2, 0.25) is 0 Å². The van der Waals surface area contributed by atoms with Crippen molar-refractivity contribution in [2.24, 2.45) is 0 Å². The van der Waals surface area contributed by atoms with E-state index in [0.29, 0.717) is 6.42 Å². The van der Waals surface area contributed by atoms with E-state index in [9.17, 15) is 4.79 Å². The van der Waals surface area contributed by atoms with Gasteiger partial charge in [-0.2, -0.15) is 0 Å². The average Bonchev–Trinajstić information content (AvgIpc) is 2.50. The zero-order valence-corrected chi connectivity index (χ0v) is 13.9. The minimum atomic E-state index is -0.0897. The largest absolute Gasteiger partial charge is 0.469 e. The quantitative estimate of drug-likeness (QED) is 0.245. The first-order chi connectivity index (χ1) is 10.3. The summed E-state index contributed by atoms with van der Waals surface area (Å²) >= 11 is 0. The zero-order valence-electron chi connectivity index (χ0n) is 13.9. The summed E-state index contributed by atoms with van der Waals surface area (Å²) in [7, 11) is 1.45. The monoisotopic (exact) mass is 292 g/mol. The van der Waals surface area contributed by atoms with E-state index in [0.717, 1.165) is 44.9 Å². The zero-order chi connectivity index (χ0) is 15.6. The maximum absolute atomic E-state index is 10.9. The number of hydrogen-bond acceptors (Lipinski definition) is 2. The Morgan fingerprint density at radius 1 is 0.810 bits per heavy atom. The molecule has 0 aromatic carbocycles. The maximum Gasteiger partial charge on any atom is 0.305 e. The highest BCUT2D eigenvalue weighted by atomic mass is 16.5. The molecule has 0 spiro atoms. The van der Waals surface area contributed by atoms with Gasteiger partial charge in [0.25, 0.3) is 0 Å². The lowest BCUT2D eigenvalue weighted by Gasteiger charge is -1.99. The van der Waals surface area contributed by atoms with Crippen molar-refractivity contribution in [3.8, 4) is 0 Å². The molecule has 120 valence electrons. The van der Waals surface area contributed by atoms with Gasteiger partial charge in [0.15, 0.2) is 0 Å². The van der Waals surface area contributed by atoms with Crippen molar-refractivity contribution >= 4 is 5.97 Å². The third-order valence-electron chi connectivity index (χ3n) is 3.24. The lowest BCUT2D eigenvalue weighted by molar-refractivity contribution is -0.140. The van der Waals surface area contributed by atoms with Crippen molar-refractivity contribution in [3.05, 3.63) is 36.5 Å². The Morgan fingerprint density at radius 2 is 1.43 bits per heavy atom. The Balaban J connectivity index is 3.26. The van der Waals surface area contributed by atoms with Crippen LogP contribution in [0.25, 0.3) is 0 Å². The average molecular weight is 292 g/mol. The second-order valence-corrected chi connectivity index (χ2v) is 5.16. The molecule has 0 fully saturated rings. The molecule has 0 aliphatic carbocycles. The number of carbonyl (C=O) groups excluding carboxylic acids is 1. The molecule has 0 aliphatic rings. The van der Waals surface area contributed by atoms with Crippen LogP contribution in [0.5, 0.6) is 0 Å². The summed E-state index contributed by atoms with van der Waals surface area (Å²) in [6.07, 6.45) is 24.1. The Bertz CT molecular complexity index is 314. The highest BCUT2D eigenvalue weighted by Gasteiger charge is 1.98. The third-order valence-corrected chi connectivity index (χ3v) is 3.24. The lowest BCUT2D eigenvalue weighted by atomic mass is 10.1. The second kappa shape index (κ2) is 16.7. The summed E-state index contributed by atoms with van der Waals surface area (Å²) in [5.74, 6) is -0.0897. The summed E-state index contributed by atoms with van der Waals surface area (Å²) < 4.78 is 4.61. The van der Waals surface area contributed by atoms with Gasteiger partial charge in [0.1, 0.15) is 0 Å². The third kappa shape index (κ3) is 16.6. The van der Waals surface area contributed by atoms with E-state index in [4.69, 9.17) is 0 Å². The molecule has 0 N–H and O–H groups in total. The normalized spacial score (nSPS) is 11.9. The molecule has 0 bridgehead atoms. The summed E-state index contributed by atoms with van der Waals surface area (Å²) in [5, 5.41) is 0. The lowest BCUT2D eigenvalue weighted by Crippen LogP contribution is -1.98.